The molecule has 1 aromatic heterocycles. The number of aromatic nitrogens is 1. The van der Waals surface area contributed by atoms with Crippen LogP contribution in [-0.2, 0) is 0 Å². The minimum absolute atomic E-state index is 0.0964. The maximum Gasteiger partial charge on any atom is 0.276 e. The lowest BCUT2D eigenvalue weighted by atomic mass is 10.1. The standard InChI is InChI=1S/C15H12N2O4/c1-21-12-6-7-14(17(19)20)11(10-12)5-8-15(18)13-4-2-3-9-16-13/h2-10H,1H3/b8-5-. The number of nitrogens with zero attached hydrogens (tertiary/aromatic N) is 2. The normalized spacial score (nSPS) is 10.5. The quantitative estimate of drug-likeness (QED) is 0.365. The first-order valence-electron chi connectivity index (χ1n) is 6.07. The van der Waals surface area contributed by atoms with Crippen molar-refractivity contribution in [1.82, 2.24) is 4.98 Å². The molecule has 6 heteroatoms. The highest BCUT2D eigenvalue weighted by atomic mass is 16.6. The maximum absolute atomic E-state index is 11.9. The Morgan fingerprint density at radius 1 is 1.33 bits per heavy atom. The van der Waals surface area contributed by atoms with Crippen LogP contribution in [0, 0.1) is 10.1 Å². The molecule has 2 rings (SSSR count). The van der Waals surface area contributed by atoms with Crippen molar-refractivity contribution in [2.45, 2.75) is 0 Å². The van der Waals surface area contributed by atoms with E-state index in [4.69, 9.17) is 4.74 Å². The molecule has 1 aromatic carbocycles. The number of methoxy groups -OCH3 is 1. The summed E-state index contributed by atoms with van der Waals surface area (Å²) in [4.78, 5) is 26.3. The Labute approximate surface area is 120 Å². The first-order valence-corrected chi connectivity index (χ1v) is 6.07. The summed E-state index contributed by atoms with van der Waals surface area (Å²) >= 11 is 0. The molecule has 0 amide bonds. The number of ether oxygens (including phenoxy) is 1. The van der Waals surface area contributed by atoms with Gasteiger partial charge in [-0.1, -0.05) is 6.07 Å². The minimum Gasteiger partial charge on any atom is -0.497 e. The number of hydrogen-bond donors (Lipinski definition) is 0. The zero-order valence-corrected chi connectivity index (χ0v) is 11.2. The highest BCUT2D eigenvalue weighted by molar-refractivity contribution is 6.05. The molecule has 0 atom stereocenters. The molecule has 0 N–H and O–H groups in total. The average Bonchev–Trinajstić information content (AvgIpc) is 2.52. The Morgan fingerprint density at radius 2 is 2.14 bits per heavy atom. The molecule has 0 spiro atoms. The van der Waals surface area contributed by atoms with Gasteiger partial charge in [-0.25, -0.2) is 0 Å². The molecule has 0 unspecified atom stereocenters. The molecule has 21 heavy (non-hydrogen) atoms. The van der Waals surface area contributed by atoms with E-state index >= 15 is 0 Å². The van der Waals surface area contributed by atoms with Gasteiger partial charge in [-0.3, -0.25) is 19.9 Å². The van der Waals surface area contributed by atoms with Gasteiger partial charge in [-0.15, -0.1) is 0 Å². The Bertz CT molecular complexity index is 696. The van der Waals surface area contributed by atoms with E-state index < -0.39 is 4.92 Å². The van der Waals surface area contributed by atoms with Crippen molar-refractivity contribution in [2.24, 2.45) is 0 Å². The zero-order chi connectivity index (χ0) is 15.2. The lowest BCUT2D eigenvalue weighted by molar-refractivity contribution is -0.385. The van der Waals surface area contributed by atoms with E-state index in [-0.39, 0.29) is 17.2 Å². The van der Waals surface area contributed by atoms with Crippen molar-refractivity contribution in [3.05, 3.63) is 70.0 Å². The van der Waals surface area contributed by atoms with Crippen LogP contribution in [-0.4, -0.2) is 22.8 Å². The molecule has 6 nitrogen and oxygen atoms in total. The number of rotatable bonds is 5. The van der Waals surface area contributed by atoms with Crippen molar-refractivity contribution in [3.63, 3.8) is 0 Å². The number of nitro groups is 1. The van der Waals surface area contributed by atoms with Gasteiger partial charge in [0.2, 0.25) is 5.78 Å². The minimum atomic E-state index is -0.510. The van der Waals surface area contributed by atoms with Gasteiger partial charge in [0, 0.05) is 12.3 Å². The Kier molecular flexibility index (Phi) is 4.40. The van der Waals surface area contributed by atoms with E-state index in [0.29, 0.717) is 11.3 Å². The summed E-state index contributed by atoms with van der Waals surface area (Å²) in [6, 6.07) is 9.31. The van der Waals surface area contributed by atoms with Crippen molar-refractivity contribution >= 4 is 17.5 Å². The second-order valence-corrected chi connectivity index (χ2v) is 4.09. The third kappa shape index (κ3) is 3.50. The molecule has 1 heterocycles. The topological polar surface area (TPSA) is 82.3 Å². The zero-order valence-electron chi connectivity index (χ0n) is 11.2. The van der Waals surface area contributed by atoms with Gasteiger partial charge in [0.1, 0.15) is 11.4 Å². The van der Waals surface area contributed by atoms with Crippen LogP contribution in [0.25, 0.3) is 6.08 Å². The highest BCUT2D eigenvalue weighted by Crippen LogP contribution is 2.25. The first-order chi connectivity index (χ1) is 10.1. The molecule has 0 bridgehead atoms. The van der Waals surface area contributed by atoms with Crippen LogP contribution in [0.15, 0.2) is 48.7 Å². The summed E-state index contributed by atoms with van der Waals surface area (Å²) < 4.78 is 5.03. The van der Waals surface area contributed by atoms with Crippen LogP contribution in [0.5, 0.6) is 5.75 Å². The van der Waals surface area contributed by atoms with Crippen molar-refractivity contribution < 1.29 is 14.5 Å². The molecule has 0 saturated heterocycles. The van der Waals surface area contributed by atoms with Crippen molar-refractivity contribution in [2.75, 3.05) is 7.11 Å². The van der Waals surface area contributed by atoms with Crippen LogP contribution in [0.2, 0.25) is 0 Å². The average molecular weight is 284 g/mol. The molecule has 0 radical (unpaired) electrons. The monoisotopic (exact) mass is 284 g/mol. The lowest BCUT2D eigenvalue weighted by Crippen LogP contribution is -1.97. The second-order valence-electron chi connectivity index (χ2n) is 4.09. The fourth-order valence-electron chi connectivity index (χ4n) is 1.72. The number of nitro benzene ring substituents is 1. The predicted molar refractivity (Wildman–Crippen MR) is 77.2 cm³/mol. The highest BCUT2D eigenvalue weighted by Gasteiger charge is 2.13. The van der Waals surface area contributed by atoms with E-state index in [1.54, 1.807) is 18.2 Å². The molecule has 0 aliphatic carbocycles. The van der Waals surface area contributed by atoms with Crippen LogP contribution in [0.3, 0.4) is 0 Å². The summed E-state index contributed by atoms with van der Waals surface area (Å²) in [6.45, 7) is 0. The van der Waals surface area contributed by atoms with Crippen LogP contribution < -0.4 is 4.74 Å². The number of hydrogen-bond acceptors (Lipinski definition) is 5. The van der Waals surface area contributed by atoms with Crippen LogP contribution in [0.1, 0.15) is 16.1 Å². The van der Waals surface area contributed by atoms with E-state index in [1.165, 1.54) is 43.7 Å². The molecular formula is C15H12N2O4. The largest absolute Gasteiger partial charge is 0.497 e. The van der Waals surface area contributed by atoms with Gasteiger partial charge >= 0.3 is 0 Å². The SMILES string of the molecule is COc1ccc([N+](=O)[O-])c(/C=C\C(=O)c2ccccn2)c1. The molecule has 0 aliphatic rings. The number of carbonyl (C=O) groups excluding carboxylic acids is 1. The number of benzene rings is 1. The third-order valence-corrected chi connectivity index (χ3v) is 2.76. The summed E-state index contributed by atoms with van der Waals surface area (Å²) in [5.41, 5.74) is 0.476. The Morgan fingerprint density at radius 3 is 2.76 bits per heavy atom. The van der Waals surface area contributed by atoms with Gasteiger partial charge in [-0.05, 0) is 36.4 Å². The maximum atomic E-state index is 11.9. The van der Waals surface area contributed by atoms with Crippen LogP contribution in [0.4, 0.5) is 5.69 Å². The fourth-order valence-corrected chi connectivity index (χ4v) is 1.72. The summed E-state index contributed by atoms with van der Waals surface area (Å²) in [7, 11) is 1.47. The molecule has 106 valence electrons. The summed E-state index contributed by atoms with van der Waals surface area (Å²) in [5, 5.41) is 11.0. The molecule has 0 aliphatic heterocycles. The Balaban J connectivity index is 2.31. The van der Waals surface area contributed by atoms with E-state index in [2.05, 4.69) is 4.98 Å². The van der Waals surface area contributed by atoms with Gasteiger partial charge in [0.05, 0.1) is 17.6 Å². The summed E-state index contributed by atoms with van der Waals surface area (Å²) in [5.74, 6) is 0.151. The Hall–Kier alpha value is -3.02. The lowest BCUT2D eigenvalue weighted by Gasteiger charge is -2.02. The third-order valence-electron chi connectivity index (χ3n) is 2.76. The molecular weight excluding hydrogens is 272 g/mol. The second kappa shape index (κ2) is 6.42. The first kappa shape index (κ1) is 14.4. The van der Waals surface area contributed by atoms with Gasteiger partial charge in [0.25, 0.3) is 5.69 Å². The molecule has 0 fully saturated rings. The van der Waals surface area contributed by atoms with Crippen molar-refractivity contribution in [3.8, 4) is 5.75 Å². The van der Waals surface area contributed by atoms with Crippen molar-refractivity contribution in [1.29, 1.82) is 0 Å². The molecule has 2 aromatic rings. The van der Waals surface area contributed by atoms with E-state index in [0.717, 1.165) is 0 Å². The number of carbonyl (C=O) groups is 1. The van der Waals surface area contributed by atoms with Gasteiger partial charge in [0.15, 0.2) is 0 Å². The van der Waals surface area contributed by atoms with E-state index in [9.17, 15) is 14.9 Å². The number of allylic oxidation sites excluding steroid dienone is 1. The van der Waals surface area contributed by atoms with Crippen LogP contribution >= 0.6 is 0 Å². The summed E-state index contributed by atoms with van der Waals surface area (Å²) in [6.07, 6.45) is 4.15. The predicted octanol–water partition coefficient (Wildman–Crippen LogP) is 2.89. The number of pyridine rings is 1. The molecule has 0 saturated carbocycles. The smallest absolute Gasteiger partial charge is 0.276 e. The number of ketones is 1. The van der Waals surface area contributed by atoms with Gasteiger partial charge < -0.3 is 4.74 Å². The van der Waals surface area contributed by atoms with Gasteiger partial charge in [-0.2, -0.15) is 0 Å². The fraction of sp³-hybridized carbons (Fsp3) is 0.0667. The van der Waals surface area contributed by atoms with E-state index in [1.807, 2.05) is 0 Å².